The van der Waals surface area contributed by atoms with E-state index in [1.807, 2.05) is 25.2 Å². The molecule has 1 aromatic heterocycles. The second-order valence-corrected chi connectivity index (χ2v) is 8.44. The van der Waals surface area contributed by atoms with Gasteiger partial charge in [-0.25, -0.2) is 9.97 Å². The van der Waals surface area contributed by atoms with Crippen LogP contribution in [0.2, 0.25) is 0 Å². The van der Waals surface area contributed by atoms with Crippen LogP contribution in [-0.4, -0.2) is 49.2 Å². The third-order valence-electron chi connectivity index (χ3n) is 6.04. The second-order valence-electron chi connectivity index (χ2n) is 8.44. The number of hydrogen-bond acceptors (Lipinski definition) is 6. The molecule has 32 heavy (non-hydrogen) atoms. The van der Waals surface area contributed by atoms with Crippen molar-refractivity contribution in [1.82, 2.24) is 20.2 Å². The van der Waals surface area contributed by atoms with Crippen molar-refractivity contribution in [3.63, 3.8) is 0 Å². The number of methoxy groups -OCH3 is 1. The number of nitrogens with one attached hydrogen (secondary N) is 2. The van der Waals surface area contributed by atoms with E-state index in [4.69, 9.17) is 14.7 Å². The van der Waals surface area contributed by atoms with Gasteiger partial charge in [0.2, 0.25) is 0 Å². The molecule has 0 aliphatic carbocycles. The highest BCUT2D eigenvalue weighted by atomic mass is 16.5. The average molecular weight is 432 g/mol. The van der Waals surface area contributed by atoms with Crippen molar-refractivity contribution in [3.05, 3.63) is 71.7 Å². The zero-order chi connectivity index (χ0) is 22.3. The number of anilines is 1. The molecule has 0 saturated carbocycles. The van der Waals surface area contributed by atoms with E-state index in [-0.39, 0.29) is 0 Å². The first-order valence-corrected chi connectivity index (χ1v) is 11.3. The van der Waals surface area contributed by atoms with Crippen LogP contribution < -0.4 is 15.4 Å². The van der Waals surface area contributed by atoms with Gasteiger partial charge in [0.05, 0.1) is 13.7 Å². The molecule has 0 unspecified atom stereocenters. The number of aromatic nitrogens is 2. The molecule has 0 spiro atoms. The maximum Gasteiger partial charge on any atom is 0.144 e. The van der Waals surface area contributed by atoms with E-state index in [0.717, 1.165) is 66.7 Å². The molecule has 1 aliphatic rings. The SMILES string of the molecule is CNc1cc(C2CCNCC2)nc(CN(C)Cc2ccc(-c3ccccc3OC)cc2)n1. The number of hydrogen-bond donors (Lipinski definition) is 2. The van der Waals surface area contributed by atoms with E-state index in [1.165, 1.54) is 5.56 Å². The van der Waals surface area contributed by atoms with Crippen LogP contribution >= 0.6 is 0 Å². The summed E-state index contributed by atoms with van der Waals surface area (Å²) in [6, 6.07) is 18.9. The van der Waals surface area contributed by atoms with Gasteiger partial charge >= 0.3 is 0 Å². The zero-order valence-corrected chi connectivity index (χ0v) is 19.3. The smallest absolute Gasteiger partial charge is 0.144 e. The number of rotatable bonds is 8. The van der Waals surface area contributed by atoms with E-state index in [1.54, 1.807) is 7.11 Å². The first kappa shape index (κ1) is 22.2. The van der Waals surface area contributed by atoms with Gasteiger partial charge in [-0.2, -0.15) is 0 Å². The summed E-state index contributed by atoms with van der Waals surface area (Å²) in [5, 5.41) is 6.64. The summed E-state index contributed by atoms with van der Waals surface area (Å²) < 4.78 is 5.50. The lowest BCUT2D eigenvalue weighted by Gasteiger charge is -2.23. The Hall–Kier alpha value is -2.96. The average Bonchev–Trinajstić information content (AvgIpc) is 2.84. The van der Waals surface area contributed by atoms with Crippen LogP contribution in [-0.2, 0) is 13.1 Å². The third kappa shape index (κ3) is 5.44. The van der Waals surface area contributed by atoms with Gasteiger partial charge in [0, 0.05) is 36.8 Å². The summed E-state index contributed by atoms with van der Waals surface area (Å²) in [5.74, 6) is 3.18. The highest BCUT2D eigenvalue weighted by molar-refractivity contribution is 5.70. The monoisotopic (exact) mass is 431 g/mol. The largest absolute Gasteiger partial charge is 0.496 e. The molecule has 0 bridgehead atoms. The molecule has 0 atom stereocenters. The first-order valence-electron chi connectivity index (χ1n) is 11.3. The Kier molecular flexibility index (Phi) is 7.35. The number of ether oxygens (including phenoxy) is 1. The summed E-state index contributed by atoms with van der Waals surface area (Å²) >= 11 is 0. The van der Waals surface area contributed by atoms with Gasteiger partial charge in [-0.15, -0.1) is 0 Å². The molecule has 6 heteroatoms. The van der Waals surface area contributed by atoms with Crippen LogP contribution in [0.15, 0.2) is 54.6 Å². The normalized spacial score (nSPS) is 14.5. The van der Waals surface area contributed by atoms with Crippen LogP contribution in [0.25, 0.3) is 11.1 Å². The molecule has 2 heterocycles. The van der Waals surface area contributed by atoms with Crippen molar-refractivity contribution in [1.29, 1.82) is 0 Å². The minimum atomic E-state index is 0.512. The van der Waals surface area contributed by atoms with Gasteiger partial charge in [0.25, 0.3) is 0 Å². The quantitative estimate of drug-likeness (QED) is 0.555. The molecule has 2 N–H and O–H groups in total. The van der Waals surface area contributed by atoms with E-state index in [0.29, 0.717) is 12.5 Å². The molecular weight excluding hydrogens is 398 g/mol. The number of benzene rings is 2. The lowest BCUT2D eigenvalue weighted by molar-refractivity contribution is 0.309. The Balaban J connectivity index is 1.43. The molecule has 0 radical (unpaired) electrons. The van der Waals surface area contributed by atoms with E-state index < -0.39 is 0 Å². The Labute approximate surface area is 191 Å². The third-order valence-corrected chi connectivity index (χ3v) is 6.04. The molecule has 0 amide bonds. The van der Waals surface area contributed by atoms with Crippen LogP contribution in [0.1, 0.15) is 35.8 Å². The van der Waals surface area contributed by atoms with E-state index in [2.05, 4.69) is 59.0 Å². The molecule has 4 rings (SSSR count). The number of para-hydroxylation sites is 1. The van der Waals surface area contributed by atoms with Gasteiger partial charge in [-0.3, -0.25) is 4.90 Å². The van der Waals surface area contributed by atoms with Crippen LogP contribution in [0.5, 0.6) is 5.75 Å². The Morgan fingerprint density at radius 1 is 1.03 bits per heavy atom. The van der Waals surface area contributed by atoms with Crippen molar-refractivity contribution in [2.24, 2.45) is 0 Å². The van der Waals surface area contributed by atoms with E-state index in [9.17, 15) is 0 Å². The maximum atomic E-state index is 5.50. The Bertz CT molecular complexity index is 1010. The van der Waals surface area contributed by atoms with Crippen molar-refractivity contribution in [2.45, 2.75) is 31.8 Å². The van der Waals surface area contributed by atoms with Gasteiger partial charge in [-0.1, -0.05) is 42.5 Å². The topological polar surface area (TPSA) is 62.3 Å². The predicted octanol–water partition coefficient (Wildman–Crippen LogP) is 4.29. The lowest BCUT2D eigenvalue weighted by atomic mass is 9.94. The predicted molar refractivity (Wildman–Crippen MR) is 130 cm³/mol. The van der Waals surface area contributed by atoms with Crippen LogP contribution in [0, 0.1) is 0 Å². The summed E-state index contributed by atoms with van der Waals surface area (Å²) in [6.45, 7) is 3.66. The van der Waals surface area contributed by atoms with Crippen LogP contribution in [0.3, 0.4) is 0 Å². The minimum Gasteiger partial charge on any atom is -0.496 e. The standard InChI is InChI=1S/C26H33N5O/c1-27-25-16-23(21-12-14-28-15-13-21)29-26(30-25)18-31(2)17-19-8-10-20(11-9-19)22-6-4-5-7-24(22)32-3/h4-11,16,21,28H,12-15,17-18H2,1-3H3,(H,27,29,30). The van der Waals surface area contributed by atoms with Gasteiger partial charge in [0.15, 0.2) is 0 Å². The summed E-state index contributed by atoms with van der Waals surface area (Å²) in [4.78, 5) is 11.9. The number of piperidine rings is 1. The Morgan fingerprint density at radius 3 is 2.50 bits per heavy atom. The van der Waals surface area contributed by atoms with Gasteiger partial charge in [0.1, 0.15) is 17.4 Å². The molecule has 1 aliphatic heterocycles. The highest BCUT2D eigenvalue weighted by Crippen LogP contribution is 2.30. The molecule has 2 aromatic carbocycles. The first-order chi connectivity index (χ1) is 15.7. The van der Waals surface area contributed by atoms with Gasteiger partial charge in [-0.05, 0) is 50.2 Å². The summed E-state index contributed by atoms with van der Waals surface area (Å²) in [5.41, 5.74) is 4.69. The molecule has 6 nitrogen and oxygen atoms in total. The number of nitrogens with zero attached hydrogens (tertiary/aromatic N) is 3. The highest BCUT2D eigenvalue weighted by Gasteiger charge is 2.18. The Morgan fingerprint density at radius 2 is 1.78 bits per heavy atom. The van der Waals surface area contributed by atoms with E-state index >= 15 is 0 Å². The van der Waals surface area contributed by atoms with Crippen LogP contribution in [0.4, 0.5) is 5.82 Å². The fraction of sp³-hybridized carbons (Fsp3) is 0.385. The zero-order valence-electron chi connectivity index (χ0n) is 19.3. The van der Waals surface area contributed by atoms with Crippen molar-refractivity contribution < 1.29 is 4.74 Å². The van der Waals surface area contributed by atoms with Crippen molar-refractivity contribution in [2.75, 3.05) is 39.6 Å². The fourth-order valence-electron chi connectivity index (χ4n) is 4.33. The summed E-state index contributed by atoms with van der Waals surface area (Å²) in [6.07, 6.45) is 2.27. The second kappa shape index (κ2) is 10.6. The maximum absolute atomic E-state index is 5.50. The molecular formula is C26H33N5O. The lowest BCUT2D eigenvalue weighted by Crippen LogP contribution is -2.27. The fourth-order valence-corrected chi connectivity index (χ4v) is 4.33. The van der Waals surface area contributed by atoms with Crippen molar-refractivity contribution >= 4 is 5.82 Å². The molecule has 1 saturated heterocycles. The minimum absolute atomic E-state index is 0.512. The van der Waals surface area contributed by atoms with Crippen molar-refractivity contribution in [3.8, 4) is 16.9 Å². The molecule has 168 valence electrons. The van der Waals surface area contributed by atoms with Gasteiger partial charge < -0.3 is 15.4 Å². The molecule has 3 aromatic rings. The molecule has 1 fully saturated rings. The summed E-state index contributed by atoms with van der Waals surface area (Å²) in [7, 11) is 5.75.